The minimum atomic E-state index is 0.0614. The van der Waals surface area contributed by atoms with E-state index in [4.69, 9.17) is 4.74 Å². The van der Waals surface area contributed by atoms with E-state index < -0.39 is 0 Å². The predicted molar refractivity (Wildman–Crippen MR) is 150 cm³/mol. The second-order valence-corrected chi connectivity index (χ2v) is 11.2. The van der Waals surface area contributed by atoms with Crippen molar-refractivity contribution < 1.29 is 9.53 Å². The van der Waals surface area contributed by atoms with Gasteiger partial charge in [-0.3, -0.25) is 14.6 Å². The van der Waals surface area contributed by atoms with Crippen molar-refractivity contribution in [2.75, 3.05) is 26.7 Å². The van der Waals surface area contributed by atoms with E-state index in [0.29, 0.717) is 18.1 Å². The third-order valence-electron chi connectivity index (χ3n) is 8.63. The lowest BCUT2D eigenvalue weighted by molar-refractivity contribution is -0.0250. The number of likely N-dealkylation sites (tertiary alicyclic amines) is 1. The van der Waals surface area contributed by atoms with Gasteiger partial charge in [0, 0.05) is 43.3 Å². The van der Waals surface area contributed by atoms with Gasteiger partial charge in [0.1, 0.15) is 5.75 Å². The Morgan fingerprint density at radius 3 is 2.32 bits per heavy atom. The van der Waals surface area contributed by atoms with E-state index in [1.54, 1.807) is 7.11 Å². The number of piperidine rings is 1. The fourth-order valence-electron chi connectivity index (χ4n) is 6.84. The van der Waals surface area contributed by atoms with Gasteiger partial charge in [-0.25, -0.2) is 0 Å². The summed E-state index contributed by atoms with van der Waals surface area (Å²) in [5.41, 5.74) is 3.26. The van der Waals surface area contributed by atoms with E-state index in [1.807, 2.05) is 24.3 Å². The van der Waals surface area contributed by atoms with Crippen LogP contribution in [0.5, 0.6) is 5.75 Å². The second kappa shape index (κ2) is 12.3. The number of nitrogens with one attached hydrogen (secondary N) is 1. The zero-order valence-electron chi connectivity index (χ0n) is 22.4. The average Bonchev–Trinajstić information content (AvgIpc) is 3.18. The van der Waals surface area contributed by atoms with Crippen molar-refractivity contribution >= 4 is 5.91 Å². The van der Waals surface area contributed by atoms with Gasteiger partial charge >= 0.3 is 0 Å². The van der Waals surface area contributed by atoms with Crippen LogP contribution in [0.4, 0.5) is 0 Å². The number of hydrogen-bond acceptors (Lipinski definition) is 4. The normalized spacial score (nSPS) is 24.1. The van der Waals surface area contributed by atoms with Crippen LogP contribution >= 0.6 is 0 Å². The SMILES string of the molecule is C=CCN1CC2CCCC(C1)N2C(c1ccc(C(=O)NC2CCCCCC2)cc1)c1cccc(OC)c1. The summed E-state index contributed by atoms with van der Waals surface area (Å²) in [7, 11) is 1.73. The number of nitrogens with zero attached hydrogens (tertiary/aromatic N) is 2. The summed E-state index contributed by atoms with van der Waals surface area (Å²) in [6, 6.07) is 18.4. The van der Waals surface area contributed by atoms with Gasteiger partial charge in [0.15, 0.2) is 0 Å². The number of hydrogen-bond donors (Lipinski definition) is 1. The van der Waals surface area contributed by atoms with E-state index >= 15 is 0 Å². The Morgan fingerprint density at radius 2 is 1.68 bits per heavy atom. The lowest BCUT2D eigenvalue weighted by Crippen LogP contribution is -2.61. The number of ether oxygens (including phenoxy) is 1. The number of carbonyl (C=O) groups is 1. The van der Waals surface area contributed by atoms with E-state index in [-0.39, 0.29) is 11.9 Å². The highest BCUT2D eigenvalue weighted by molar-refractivity contribution is 5.94. The van der Waals surface area contributed by atoms with Gasteiger partial charge in [-0.2, -0.15) is 0 Å². The van der Waals surface area contributed by atoms with Gasteiger partial charge in [0.05, 0.1) is 13.2 Å². The van der Waals surface area contributed by atoms with Gasteiger partial charge in [-0.1, -0.05) is 62.4 Å². The zero-order chi connectivity index (χ0) is 25.6. The Morgan fingerprint density at radius 1 is 0.973 bits per heavy atom. The number of piperazine rings is 1. The van der Waals surface area contributed by atoms with Crippen molar-refractivity contribution in [1.82, 2.24) is 15.1 Å². The number of fused-ring (bicyclic) bond motifs is 2. The molecule has 3 atom stereocenters. The molecule has 2 bridgehead atoms. The van der Waals surface area contributed by atoms with Crippen molar-refractivity contribution in [3.8, 4) is 5.75 Å². The molecule has 5 heteroatoms. The van der Waals surface area contributed by atoms with Crippen LogP contribution in [-0.2, 0) is 0 Å². The summed E-state index contributed by atoms with van der Waals surface area (Å²) in [5.74, 6) is 0.948. The van der Waals surface area contributed by atoms with Crippen LogP contribution < -0.4 is 10.1 Å². The molecule has 2 aromatic rings. The Hall–Kier alpha value is -2.63. The van der Waals surface area contributed by atoms with Crippen molar-refractivity contribution in [2.45, 2.75) is 82.0 Å². The van der Waals surface area contributed by atoms with Crippen LogP contribution in [0.15, 0.2) is 61.2 Å². The molecule has 198 valence electrons. The van der Waals surface area contributed by atoms with E-state index in [1.165, 1.54) is 56.1 Å². The topological polar surface area (TPSA) is 44.8 Å². The Bertz CT molecular complexity index is 1030. The first-order chi connectivity index (χ1) is 18.2. The zero-order valence-corrected chi connectivity index (χ0v) is 22.4. The maximum atomic E-state index is 13.1. The fraction of sp³-hybridized carbons (Fsp3) is 0.531. The van der Waals surface area contributed by atoms with E-state index in [2.05, 4.69) is 52.0 Å². The molecular weight excluding hydrogens is 458 g/mol. The Kier molecular flexibility index (Phi) is 8.62. The molecule has 2 saturated heterocycles. The molecule has 1 amide bonds. The van der Waals surface area contributed by atoms with Gasteiger partial charge in [0.25, 0.3) is 5.91 Å². The number of carbonyl (C=O) groups excluding carboxylic acids is 1. The number of amides is 1. The lowest BCUT2D eigenvalue weighted by atomic mass is 9.85. The summed E-state index contributed by atoms with van der Waals surface area (Å²) in [5, 5.41) is 3.30. The standard InChI is InChI=1S/C32H43N3O2/c1-3-20-34-22-28-13-9-14-29(23-34)35(28)31(26-10-8-15-30(21-26)37-2)24-16-18-25(19-17-24)32(36)33-27-11-6-4-5-7-12-27/h3,8,10,15-19,21,27-29,31H,1,4-7,9,11-14,20,22-23H2,2H3,(H,33,36). The molecule has 0 aromatic heterocycles. The van der Waals surface area contributed by atoms with Crippen LogP contribution in [0.1, 0.15) is 85.3 Å². The van der Waals surface area contributed by atoms with E-state index in [9.17, 15) is 4.79 Å². The van der Waals surface area contributed by atoms with Crippen LogP contribution in [0, 0.1) is 0 Å². The average molecular weight is 502 g/mol. The molecule has 2 aliphatic heterocycles. The van der Waals surface area contributed by atoms with Gasteiger partial charge < -0.3 is 10.1 Å². The smallest absolute Gasteiger partial charge is 0.251 e. The monoisotopic (exact) mass is 501 g/mol. The highest BCUT2D eigenvalue weighted by Gasteiger charge is 2.41. The summed E-state index contributed by atoms with van der Waals surface area (Å²) < 4.78 is 5.61. The first-order valence-electron chi connectivity index (χ1n) is 14.3. The number of benzene rings is 2. The van der Waals surface area contributed by atoms with Crippen molar-refractivity contribution in [2.24, 2.45) is 0 Å². The molecule has 0 radical (unpaired) electrons. The summed E-state index contributed by atoms with van der Waals surface area (Å²) in [6.07, 6.45) is 13.0. The summed E-state index contributed by atoms with van der Waals surface area (Å²) >= 11 is 0. The first-order valence-corrected chi connectivity index (χ1v) is 14.3. The molecule has 3 unspecified atom stereocenters. The molecule has 5 nitrogen and oxygen atoms in total. The first kappa shape index (κ1) is 26.0. The molecule has 37 heavy (non-hydrogen) atoms. The van der Waals surface area contributed by atoms with Crippen LogP contribution in [0.25, 0.3) is 0 Å². The molecule has 0 spiro atoms. The van der Waals surface area contributed by atoms with Gasteiger partial charge in [-0.05, 0) is 61.1 Å². The summed E-state index contributed by atoms with van der Waals surface area (Å²) in [6.45, 7) is 7.08. The minimum absolute atomic E-state index is 0.0614. The van der Waals surface area contributed by atoms with Gasteiger partial charge in [-0.15, -0.1) is 6.58 Å². The molecule has 2 heterocycles. The molecular formula is C32H43N3O2. The largest absolute Gasteiger partial charge is 0.497 e. The molecule has 1 aliphatic carbocycles. The molecule has 1 N–H and O–H groups in total. The number of methoxy groups -OCH3 is 1. The van der Waals surface area contributed by atoms with Crippen LogP contribution in [0.2, 0.25) is 0 Å². The highest BCUT2D eigenvalue weighted by Crippen LogP contribution is 2.40. The van der Waals surface area contributed by atoms with Crippen LogP contribution in [0.3, 0.4) is 0 Å². The molecule has 3 fully saturated rings. The molecule has 2 aromatic carbocycles. The maximum Gasteiger partial charge on any atom is 0.251 e. The maximum absolute atomic E-state index is 13.1. The molecule has 1 saturated carbocycles. The number of rotatable bonds is 8. The molecule has 5 rings (SSSR count). The van der Waals surface area contributed by atoms with Crippen LogP contribution in [-0.4, -0.2) is 60.6 Å². The minimum Gasteiger partial charge on any atom is -0.497 e. The summed E-state index contributed by atoms with van der Waals surface area (Å²) in [4.78, 5) is 18.4. The quantitative estimate of drug-likeness (QED) is 0.358. The lowest BCUT2D eigenvalue weighted by Gasteiger charge is -2.53. The van der Waals surface area contributed by atoms with Gasteiger partial charge in [0.2, 0.25) is 0 Å². The van der Waals surface area contributed by atoms with Crippen molar-refractivity contribution in [3.05, 3.63) is 77.9 Å². The Labute approximate surface area is 222 Å². The van der Waals surface area contributed by atoms with Crippen molar-refractivity contribution in [3.63, 3.8) is 0 Å². The van der Waals surface area contributed by atoms with E-state index in [0.717, 1.165) is 43.8 Å². The highest BCUT2D eigenvalue weighted by atomic mass is 16.5. The molecule has 3 aliphatic rings. The predicted octanol–water partition coefficient (Wildman–Crippen LogP) is 5.96. The third-order valence-corrected chi connectivity index (χ3v) is 8.63. The second-order valence-electron chi connectivity index (χ2n) is 11.2. The van der Waals surface area contributed by atoms with Crippen molar-refractivity contribution in [1.29, 1.82) is 0 Å². The Balaban J connectivity index is 1.42. The third kappa shape index (κ3) is 6.10. The fourth-order valence-corrected chi connectivity index (χ4v) is 6.84.